The van der Waals surface area contributed by atoms with Gasteiger partial charge >= 0.3 is 12.0 Å². The van der Waals surface area contributed by atoms with Crippen LogP contribution >= 0.6 is 0 Å². The van der Waals surface area contributed by atoms with Gasteiger partial charge in [0.05, 0.1) is 6.42 Å². The number of carboxylic acid groups (broad SMARTS) is 1. The Labute approximate surface area is 97.0 Å². The highest BCUT2D eigenvalue weighted by molar-refractivity contribution is 5.76. The molecule has 5 nitrogen and oxygen atoms in total. The van der Waals surface area contributed by atoms with Crippen LogP contribution in [0.5, 0.6) is 0 Å². The number of hydrogen-bond donors (Lipinski definition) is 1. The van der Waals surface area contributed by atoms with Gasteiger partial charge in [-0.25, -0.2) is 4.79 Å². The van der Waals surface area contributed by atoms with Gasteiger partial charge in [0.25, 0.3) is 0 Å². The van der Waals surface area contributed by atoms with Crippen molar-refractivity contribution >= 4 is 12.0 Å². The van der Waals surface area contributed by atoms with Crippen molar-refractivity contribution in [1.82, 2.24) is 9.80 Å². The molecular formula is C11H22N2O3. The highest BCUT2D eigenvalue weighted by Crippen LogP contribution is 2.09. The summed E-state index contributed by atoms with van der Waals surface area (Å²) >= 11 is 0. The number of amides is 2. The number of nitrogens with zero attached hydrogens (tertiary/aromatic N) is 2. The van der Waals surface area contributed by atoms with E-state index in [2.05, 4.69) is 0 Å². The van der Waals surface area contributed by atoms with E-state index in [9.17, 15) is 9.59 Å². The molecule has 0 fully saturated rings. The molecule has 0 aromatic rings. The molecule has 0 heterocycles. The Bertz CT molecular complexity index is 254. The van der Waals surface area contributed by atoms with Crippen molar-refractivity contribution < 1.29 is 14.7 Å². The second-order valence-corrected chi connectivity index (χ2v) is 4.22. The van der Waals surface area contributed by atoms with Gasteiger partial charge in [-0.15, -0.1) is 0 Å². The van der Waals surface area contributed by atoms with E-state index in [1.54, 1.807) is 23.8 Å². The van der Waals surface area contributed by atoms with Crippen LogP contribution in [0.4, 0.5) is 4.79 Å². The second kappa shape index (κ2) is 6.35. The summed E-state index contributed by atoms with van der Waals surface area (Å²) in [6.07, 6.45) is -0.0223. The average molecular weight is 230 g/mol. The van der Waals surface area contributed by atoms with Gasteiger partial charge in [-0.3, -0.25) is 4.79 Å². The summed E-state index contributed by atoms with van der Waals surface area (Å²) in [6, 6.07) is -0.291. The minimum atomic E-state index is -0.883. The van der Waals surface area contributed by atoms with Crippen molar-refractivity contribution in [2.75, 3.05) is 13.6 Å². The van der Waals surface area contributed by atoms with E-state index in [4.69, 9.17) is 5.11 Å². The fraction of sp³-hybridized carbons (Fsp3) is 0.818. The first-order chi connectivity index (χ1) is 7.31. The largest absolute Gasteiger partial charge is 0.481 e. The molecule has 0 aliphatic carbocycles. The molecule has 0 saturated heterocycles. The highest BCUT2D eigenvalue weighted by atomic mass is 16.4. The molecule has 1 atom stereocenters. The number of rotatable bonds is 5. The standard InChI is InChI=1S/C11H22N2O3/c1-6-13(9(4)7-10(14)15)11(16)12(5)8(2)3/h8-9H,6-7H2,1-5H3,(H,14,15). The molecule has 2 amide bonds. The van der Waals surface area contributed by atoms with E-state index in [0.29, 0.717) is 6.54 Å². The predicted molar refractivity (Wildman–Crippen MR) is 62.4 cm³/mol. The summed E-state index contributed by atoms with van der Waals surface area (Å²) in [5.74, 6) is -0.883. The number of carbonyl (C=O) groups excluding carboxylic acids is 1. The lowest BCUT2D eigenvalue weighted by Crippen LogP contribution is -2.48. The minimum Gasteiger partial charge on any atom is -0.481 e. The Kier molecular flexibility index (Phi) is 5.85. The van der Waals surface area contributed by atoms with Gasteiger partial charge in [-0.1, -0.05) is 0 Å². The lowest BCUT2D eigenvalue weighted by molar-refractivity contribution is -0.138. The zero-order chi connectivity index (χ0) is 12.9. The van der Waals surface area contributed by atoms with Gasteiger partial charge in [0.1, 0.15) is 0 Å². The molecule has 0 aliphatic rings. The Balaban J connectivity index is 4.59. The van der Waals surface area contributed by atoms with Crippen molar-refractivity contribution in [2.45, 2.75) is 46.2 Å². The van der Waals surface area contributed by atoms with E-state index < -0.39 is 5.97 Å². The van der Waals surface area contributed by atoms with Gasteiger partial charge in [0.15, 0.2) is 0 Å². The molecule has 0 bridgehead atoms. The fourth-order valence-electron chi connectivity index (χ4n) is 1.42. The summed E-state index contributed by atoms with van der Waals surface area (Å²) < 4.78 is 0. The smallest absolute Gasteiger partial charge is 0.320 e. The molecule has 16 heavy (non-hydrogen) atoms. The number of hydrogen-bond acceptors (Lipinski definition) is 2. The topological polar surface area (TPSA) is 60.9 Å². The van der Waals surface area contributed by atoms with Crippen molar-refractivity contribution in [1.29, 1.82) is 0 Å². The third-order valence-corrected chi connectivity index (χ3v) is 2.66. The molecule has 0 aromatic carbocycles. The Morgan fingerprint density at radius 3 is 2.06 bits per heavy atom. The molecule has 0 aromatic heterocycles. The molecule has 0 radical (unpaired) electrons. The Morgan fingerprint density at radius 2 is 1.75 bits per heavy atom. The maximum absolute atomic E-state index is 12.0. The van der Waals surface area contributed by atoms with Crippen LogP contribution in [0.3, 0.4) is 0 Å². The quantitative estimate of drug-likeness (QED) is 0.781. The molecule has 94 valence electrons. The Hall–Kier alpha value is -1.26. The summed E-state index contributed by atoms with van der Waals surface area (Å²) in [4.78, 5) is 25.8. The molecule has 1 N–H and O–H groups in total. The summed E-state index contributed by atoms with van der Waals surface area (Å²) in [5.41, 5.74) is 0. The number of carboxylic acids is 1. The fourth-order valence-corrected chi connectivity index (χ4v) is 1.42. The van der Waals surface area contributed by atoms with Crippen LogP contribution in [0.1, 0.15) is 34.1 Å². The average Bonchev–Trinajstić information content (AvgIpc) is 2.16. The van der Waals surface area contributed by atoms with Gasteiger partial charge in [-0.2, -0.15) is 0 Å². The predicted octanol–water partition coefficient (Wildman–Crippen LogP) is 1.63. The van der Waals surface area contributed by atoms with Gasteiger partial charge in [0, 0.05) is 25.7 Å². The second-order valence-electron chi connectivity index (χ2n) is 4.22. The van der Waals surface area contributed by atoms with Crippen LogP contribution in [-0.4, -0.2) is 52.6 Å². The molecular weight excluding hydrogens is 208 g/mol. The SMILES string of the molecule is CCN(C(=O)N(C)C(C)C)C(C)CC(=O)O. The summed E-state index contributed by atoms with van der Waals surface area (Å²) in [7, 11) is 1.73. The molecule has 0 rings (SSSR count). The molecule has 1 unspecified atom stereocenters. The van der Waals surface area contributed by atoms with Crippen LogP contribution in [-0.2, 0) is 4.79 Å². The third-order valence-electron chi connectivity index (χ3n) is 2.66. The van der Waals surface area contributed by atoms with Crippen molar-refractivity contribution in [3.05, 3.63) is 0 Å². The first-order valence-corrected chi connectivity index (χ1v) is 5.56. The number of carbonyl (C=O) groups is 2. The van der Waals surface area contributed by atoms with Crippen molar-refractivity contribution in [3.63, 3.8) is 0 Å². The van der Waals surface area contributed by atoms with E-state index in [1.807, 2.05) is 20.8 Å². The van der Waals surface area contributed by atoms with Gasteiger partial charge in [0.2, 0.25) is 0 Å². The van der Waals surface area contributed by atoms with E-state index in [1.165, 1.54) is 0 Å². The zero-order valence-corrected chi connectivity index (χ0v) is 10.7. The molecule has 0 saturated carbocycles. The third kappa shape index (κ3) is 4.08. The van der Waals surface area contributed by atoms with Crippen LogP contribution in [0.15, 0.2) is 0 Å². The monoisotopic (exact) mass is 230 g/mol. The zero-order valence-electron chi connectivity index (χ0n) is 10.7. The Morgan fingerprint density at radius 1 is 1.25 bits per heavy atom. The summed E-state index contributed by atoms with van der Waals surface area (Å²) in [5, 5.41) is 8.71. The van der Waals surface area contributed by atoms with E-state index in [-0.39, 0.29) is 24.5 Å². The molecule has 0 aliphatic heterocycles. The van der Waals surface area contributed by atoms with Gasteiger partial charge in [-0.05, 0) is 27.7 Å². The lowest BCUT2D eigenvalue weighted by Gasteiger charge is -2.33. The molecule has 0 spiro atoms. The molecule has 5 heteroatoms. The maximum Gasteiger partial charge on any atom is 0.320 e. The lowest BCUT2D eigenvalue weighted by atomic mass is 10.2. The highest BCUT2D eigenvalue weighted by Gasteiger charge is 2.24. The van der Waals surface area contributed by atoms with Crippen molar-refractivity contribution in [2.24, 2.45) is 0 Å². The normalized spacial score (nSPS) is 12.4. The van der Waals surface area contributed by atoms with E-state index in [0.717, 1.165) is 0 Å². The van der Waals surface area contributed by atoms with Crippen molar-refractivity contribution in [3.8, 4) is 0 Å². The van der Waals surface area contributed by atoms with Crippen LogP contribution in [0.25, 0.3) is 0 Å². The van der Waals surface area contributed by atoms with Crippen LogP contribution in [0.2, 0.25) is 0 Å². The van der Waals surface area contributed by atoms with Crippen LogP contribution in [0, 0.1) is 0 Å². The number of aliphatic carboxylic acids is 1. The number of urea groups is 1. The maximum atomic E-state index is 12.0. The first kappa shape index (κ1) is 14.7. The first-order valence-electron chi connectivity index (χ1n) is 5.56. The minimum absolute atomic E-state index is 0.0223. The van der Waals surface area contributed by atoms with Gasteiger partial charge < -0.3 is 14.9 Å². The van der Waals surface area contributed by atoms with Crippen LogP contribution < -0.4 is 0 Å². The summed E-state index contributed by atoms with van der Waals surface area (Å²) in [6.45, 7) is 7.97. The van der Waals surface area contributed by atoms with E-state index >= 15 is 0 Å².